The van der Waals surface area contributed by atoms with Crippen LogP contribution in [-0.4, -0.2) is 23.2 Å². The first kappa shape index (κ1) is 15.9. The Morgan fingerprint density at radius 2 is 2.05 bits per heavy atom. The second-order valence-electron chi connectivity index (χ2n) is 4.28. The summed E-state index contributed by atoms with van der Waals surface area (Å²) in [5.74, 6) is -0.259. The normalized spacial score (nSPS) is 11.1. The first-order valence-electron chi connectivity index (χ1n) is 6.42. The molecule has 0 amide bonds. The van der Waals surface area contributed by atoms with Gasteiger partial charge in [-0.15, -0.1) is 0 Å². The van der Waals surface area contributed by atoms with Crippen LogP contribution >= 0.6 is 11.6 Å². The van der Waals surface area contributed by atoms with Crippen molar-refractivity contribution in [3.05, 3.63) is 65.0 Å². The molecule has 6 heteroatoms. The maximum absolute atomic E-state index is 11.7. The van der Waals surface area contributed by atoms with Crippen LogP contribution in [0.2, 0.25) is 5.15 Å². The summed E-state index contributed by atoms with van der Waals surface area (Å²) in [4.78, 5) is 15.7. The fourth-order valence-electron chi connectivity index (χ4n) is 1.87. The van der Waals surface area contributed by atoms with E-state index in [1.807, 2.05) is 0 Å². The summed E-state index contributed by atoms with van der Waals surface area (Å²) in [6, 6.07) is 12.1. The molecule has 0 aliphatic rings. The van der Waals surface area contributed by atoms with Crippen LogP contribution in [0.3, 0.4) is 0 Å². The van der Waals surface area contributed by atoms with Crippen molar-refractivity contribution in [1.82, 2.24) is 4.98 Å². The number of hydrogen-bond donors (Lipinski definition) is 1. The molecule has 1 heterocycles. The summed E-state index contributed by atoms with van der Waals surface area (Å²) in [5.41, 5.74) is 1.29. The number of nitrogens with zero attached hydrogens (tertiary/aromatic N) is 1. The smallest absolute Gasteiger partial charge is 0.341 e. The molecule has 114 valence electrons. The number of aliphatic hydroxyl groups excluding tert-OH is 1. The van der Waals surface area contributed by atoms with Gasteiger partial charge >= 0.3 is 5.97 Å². The summed E-state index contributed by atoms with van der Waals surface area (Å²) in [5, 5.41) is 9.62. The highest BCUT2D eigenvalue weighted by Crippen LogP contribution is 2.22. The molecule has 5 nitrogen and oxygen atoms in total. The van der Waals surface area contributed by atoms with Gasteiger partial charge in [0.15, 0.2) is 0 Å². The predicted octanol–water partition coefficient (Wildman–Crippen LogP) is 3.39. The highest BCUT2D eigenvalue weighted by atomic mass is 35.5. The van der Waals surface area contributed by atoms with Crippen molar-refractivity contribution in [3.63, 3.8) is 0 Å². The molecule has 0 saturated carbocycles. The average Bonchev–Trinajstić information content (AvgIpc) is 2.54. The third-order valence-corrected chi connectivity index (χ3v) is 3.12. The largest absolute Gasteiger partial charge is 0.515 e. The highest BCUT2D eigenvalue weighted by Gasteiger charge is 2.16. The van der Waals surface area contributed by atoms with Gasteiger partial charge in [0, 0.05) is 6.07 Å². The van der Waals surface area contributed by atoms with E-state index in [1.165, 1.54) is 7.11 Å². The second-order valence-corrected chi connectivity index (χ2v) is 4.67. The van der Waals surface area contributed by atoms with Gasteiger partial charge in [-0.25, -0.2) is 9.78 Å². The van der Waals surface area contributed by atoms with E-state index in [9.17, 15) is 9.90 Å². The van der Waals surface area contributed by atoms with E-state index >= 15 is 0 Å². The van der Waals surface area contributed by atoms with Crippen LogP contribution in [0, 0.1) is 0 Å². The Morgan fingerprint density at radius 3 is 2.73 bits per heavy atom. The Bertz CT molecular complexity index is 700. The summed E-state index contributed by atoms with van der Waals surface area (Å²) in [7, 11) is 1.25. The molecule has 0 aliphatic carbocycles. The Hall–Kier alpha value is -2.53. The fraction of sp³-hybridized carbons (Fsp3) is 0.125. The number of carbonyl (C=O) groups is 1. The lowest BCUT2D eigenvalue weighted by Gasteiger charge is -2.11. The number of aromatic nitrogens is 1. The van der Waals surface area contributed by atoms with Crippen LogP contribution < -0.4 is 4.74 Å². The standard InChI is InChI=1S/C16H14ClNO4/c1-21-16(20)13(9-19)12-6-3-2-5-11(12)10-22-15-8-4-7-14(17)18-15/h2-9,19H,10H2,1H3/b13-9+. The lowest BCUT2D eigenvalue weighted by atomic mass is 10.0. The van der Waals surface area contributed by atoms with Gasteiger partial charge in [-0.2, -0.15) is 0 Å². The van der Waals surface area contributed by atoms with Gasteiger partial charge in [0.1, 0.15) is 17.3 Å². The molecule has 0 radical (unpaired) electrons. The van der Waals surface area contributed by atoms with Crippen LogP contribution in [0.5, 0.6) is 5.88 Å². The number of esters is 1. The van der Waals surface area contributed by atoms with Gasteiger partial charge in [-0.05, 0) is 17.2 Å². The number of ether oxygens (including phenoxy) is 2. The first-order chi connectivity index (χ1) is 10.7. The monoisotopic (exact) mass is 319 g/mol. The van der Waals surface area contributed by atoms with E-state index in [1.54, 1.807) is 42.5 Å². The summed E-state index contributed by atoms with van der Waals surface area (Å²) >= 11 is 5.80. The SMILES string of the molecule is COC(=O)/C(=C/O)c1ccccc1COc1cccc(Cl)n1. The molecule has 0 bridgehead atoms. The van der Waals surface area contributed by atoms with Crippen molar-refractivity contribution in [2.24, 2.45) is 0 Å². The molecule has 2 rings (SSSR count). The topological polar surface area (TPSA) is 68.7 Å². The Labute approximate surface area is 132 Å². The number of aliphatic hydroxyl groups is 1. The quantitative estimate of drug-likeness (QED) is 0.396. The van der Waals surface area contributed by atoms with Crippen molar-refractivity contribution >= 4 is 23.1 Å². The third-order valence-electron chi connectivity index (χ3n) is 2.91. The van der Waals surface area contributed by atoms with Crippen molar-refractivity contribution in [2.75, 3.05) is 7.11 Å². The first-order valence-corrected chi connectivity index (χ1v) is 6.80. The number of pyridine rings is 1. The summed E-state index contributed by atoms with van der Waals surface area (Å²) in [6.45, 7) is 0.165. The second kappa shape index (κ2) is 7.47. The number of benzene rings is 1. The zero-order chi connectivity index (χ0) is 15.9. The highest BCUT2D eigenvalue weighted by molar-refractivity contribution is 6.29. The minimum absolute atomic E-state index is 0.0563. The number of halogens is 1. The van der Waals surface area contributed by atoms with Crippen LogP contribution in [0.15, 0.2) is 48.7 Å². The van der Waals surface area contributed by atoms with E-state index in [0.29, 0.717) is 22.2 Å². The molecule has 0 unspecified atom stereocenters. The van der Waals surface area contributed by atoms with E-state index in [2.05, 4.69) is 9.72 Å². The van der Waals surface area contributed by atoms with Crippen molar-refractivity contribution in [2.45, 2.75) is 6.61 Å². The van der Waals surface area contributed by atoms with Gasteiger partial charge in [0.05, 0.1) is 13.4 Å². The van der Waals surface area contributed by atoms with Gasteiger partial charge in [-0.1, -0.05) is 41.9 Å². The minimum atomic E-state index is -0.629. The molecule has 22 heavy (non-hydrogen) atoms. The molecule has 1 aromatic carbocycles. The van der Waals surface area contributed by atoms with Crippen LogP contribution in [0.1, 0.15) is 11.1 Å². The number of methoxy groups -OCH3 is 1. The number of carbonyl (C=O) groups excluding carboxylic acids is 1. The average molecular weight is 320 g/mol. The van der Waals surface area contributed by atoms with Crippen molar-refractivity contribution in [3.8, 4) is 5.88 Å². The molecule has 0 fully saturated rings. The lowest BCUT2D eigenvalue weighted by molar-refractivity contribution is -0.133. The maximum atomic E-state index is 11.7. The molecule has 0 spiro atoms. The molecular weight excluding hydrogens is 306 g/mol. The predicted molar refractivity (Wildman–Crippen MR) is 82.6 cm³/mol. The Balaban J connectivity index is 2.23. The van der Waals surface area contributed by atoms with Gasteiger partial charge in [0.25, 0.3) is 0 Å². The summed E-state index contributed by atoms with van der Waals surface area (Å²) < 4.78 is 10.2. The number of rotatable bonds is 5. The van der Waals surface area contributed by atoms with Crippen LogP contribution in [0.25, 0.3) is 5.57 Å². The molecule has 1 N–H and O–H groups in total. The van der Waals surface area contributed by atoms with Gasteiger partial charge in [0.2, 0.25) is 5.88 Å². The van der Waals surface area contributed by atoms with E-state index in [0.717, 1.165) is 6.26 Å². The maximum Gasteiger partial charge on any atom is 0.341 e. The van der Waals surface area contributed by atoms with Crippen molar-refractivity contribution < 1.29 is 19.4 Å². The van der Waals surface area contributed by atoms with Gasteiger partial charge < -0.3 is 14.6 Å². The van der Waals surface area contributed by atoms with E-state index in [-0.39, 0.29) is 12.2 Å². The van der Waals surface area contributed by atoms with Crippen LogP contribution in [0.4, 0.5) is 0 Å². The number of hydrogen-bond acceptors (Lipinski definition) is 5. The van der Waals surface area contributed by atoms with Gasteiger partial charge in [-0.3, -0.25) is 0 Å². The van der Waals surface area contributed by atoms with E-state index < -0.39 is 5.97 Å². The third kappa shape index (κ3) is 3.77. The fourth-order valence-corrected chi connectivity index (χ4v) is 2.03. The zero-order valence-electron chi connectivity index (χ0n) is 11.8. The van der Waals surface area contributed by atoms with Crippen molar-refractivity contribution in [1.29, 1.82) is 0 Å². The molecule has 0 saturated heterocycles. The molecular formula is C16H14ClNO4. The lowest BCUT2D eigenvalue weighted by Crippen LogP contribution is -2.08. The zero-order valence-corrected chi connectivity index (χ0v) is 12.6. The van der Waals surface area contributed by atoms with Crippen LogP contribution in [-0.2, 0) is 16.1 Å². The molecule has 2 aromatic rings. The Kier molecular flexibility index (Phi) is 5.38. The molecule has 0 aliphatic heterocycles. The minimum Gasteiger partial charge on any atom is -0.515 e. The molecule has 1 aromatic heterocycles. The molecule has 0 atom stereocenters. The Morgan fingerprint density at radius 1 is 1.27 bits per heavy atom. The van der Waals surface area contributed by atoms with E-state index in [4.69, 9.17) is 16.3 Å². The summed E-state index contributed by atoms with van der Waals surface area (Å²) in [6.07, 6.45) is 0.725.